The van der Waals surface area contributed by atoms with E-state index in [2.05, 4.69) is 17.4 Å². The van der Waals surface area contributed by atoms with Gasteiger partial charge in [-0.25, -0.2) is 0 Å². The summed E-state index contributed by atoms with van der Waals surface area (Å²) in [7, 11) is 0. The molecule has 3 rings (SSSR count). The predicted octanol–water partition coefficient (Wildman–Crippen LogP) is 3.83. The molecule has 0 aromatic heterocycles. The van der Waals surface area contributed by atoms with Crippen LogP contribution in [0.15, 0.2) is 54.6 Å². The number of rotatable bonds is 7. The first kappa shape index (κ1) is 18.5. The molecule has 1 atom stereocenters. The summed E-state index contributed by atoms with van der Waals surface area (Å²) in [6.07, 6.45) is 2.71. The molecular weight excluding hydrogens is 348 g/mol. The molecule has 2 aromatic carbocycles. The Balaban J connectivity index is 1.40. The molecule has 2 aromatic rings. The summed E-state index contributed by atoms with van der Waals surface area (Å²) in [6, 6.07) is 17.4. The van der Waals surface area contributed by atoms with Gasteiger partial charge in [-0.1, -0.05) is 41.9 Å². The molecule has 26 heavy (non-hydrogen) atoms. The second kappa shape index (κ2) is 8.86. The number of benzene rings is 2. The van der Waals surface area contributed by atoms with E-state index in [1.54, 1.807) is 17.0 Å². The minimum atomic E-state index is 0.0540. The van der Waals surface area contributed by atoms with Crippen LogP contribution < -0.4 is 10.2 Å². The number of hydrogen-bond donors (Lipinski definition) is 1. The molecule has 0 bridgehead atoms. The molecule has 0 spiro atoms. The first-order valence-corrected chi connectivity index (χ1v) is 9.36. The quantitative estimate of drug-likeness (QED) is 0.805. The molecule has 1 heterocycles. The van der Waals surface area contributed by atoms with Crippen molar-refractivity contribution in [3.8, 4) is 0 Å². The van der Waals surface area contributed by atoms with Gasteiger partial charge in [-0.3, -0.25) is 9.59 Å². The second-order valence-corrected chi connectivity index (χ2v) is 7.13. The number of nitrogens with zero attached hydrogens (tertiary/aromatic N) is 1. The van der Waals surface area contributed by atoms with Crippen LogP contribution in [0.5, 0.6) is 0 Å². The summed E-state index contributed by atoms with van der Waals surface area (Å²) < 4.78 is 0. The SMILES string of the molecule is O=C(CCCc1ccccc1)NCC1CC(=O)N(c2ccc(Cl)cc2)C1. The van der Waals surface area contributed by atoms with Crippen molar-refractivity contribution in [3.63, 3.8) is 0 Å². The third kappa shape index (κ3) is 5.09. The van der Waals surface area contributed by atoms with Gasteiger partial charge in [0.05, 0.1) is 0 Å². The van der Waals surface area contributed by atoms with E-state index in [4.69, 9.17) is 11.6 Å². The van der Waals surface area contributed by atoms with Crippen molar-refractivity contribution in [3.05, 3.63) is 65.2 Å². The third-order valence-electron chi connectivity index (χ3n) is 4.64. The Hall–Kier alpha value is -2.33. The topological polar surface area (TPSA) is 49.4 Å². The highest BCUT2D eigenvalue weighted by Gasteiger charge is 2.30. The maximum absolute atomic E-state index is 12.2. The first-order valence-electron chi connectivity index (χ1n) is 8.98. The number of halogens is 1. The molecule has 5 heteroatoms. The van der Waals surface area contributed by atoms with Gasteiger partial charge in [-0.2, -0.15) is 0 Å². The molecule has 1 fully saturated rings. The lowest BCUT2D eigenvalue weighted by atomic mass is 10.1. The largest absolute Gasteiger partial charge is 0.356 e. The third-order valence-corrected chi connectivity index (χ3v) is 4.90. The van der Waals surface area contributed by atoms with Crippen molar-refractivity contribution in [1.82, 2.24) is 5.32 Å². The smallest absolute Gasteiger partial charge is 0.227 e. The van der Waals surface area contributed by atoms with E-state index in [9.17, 15) is 9.59 Å². The fourth-order valence-electron chi connectivity index (χ4n) is 3.23. The molecule has 1 saturated heterocycles. The van der Waals surface area contributed by atoms with E-state index in [0.717, 1.165) is 18.5 Å². The maximum Gasteiger partial charge on any atom is 0.227 e. The van der Waals surface area contributed by atoms with Gasteiger partial charge in [-0.05, 0) is 42.7 Å². The highest BCUT2D eigenvalue weighted by Crippen LogP contribution is 2.25. The van der Waals surface area contributed by atoms with Gasteiger partial charge in [0.25, 0.3) is 0 Å². The van der Waals surface area contributed by atoms with Crippen LogP contribution >= 0.6 is 11.6 Å². The van der Waals surface area contributed by atoms with E-state index >= 15 is 0 Å². The standard InChI is InChI=1S/C21H23ClN2O2/c22-18-9-11-19(12-10-18)24-15-17(13-21(24)26)14-23-20(25)8-4-7-16-5-2-1-3-6-16/h1-3,5-6,9-12,17H,4,7-8,13-15H2,(H,23,25). The monoisotopic (exact) mass is 370 g/mol. The van der Waals surface area contributed by atoms with Crippen molar-refractivity contribution in [2.75, 3.05) is 18.0 Å². The summed E-state index contributed by atoms with van der Waals surface area (Å²) in [6.45, 7) is 1.17. The zero-order valence-corrected chi connectivity index (χ0v) is 15.4. The van der Waals surface area contributed by atoms with Gasteiger partial charge in [0.1, 0.15) is 0 Å². The van der Waals surface area contributed by atoms with Gasteiger partial charge in [0, 0.05) is 42.6 Å². The molecule has 1 unspecified atom stereocenters. The van der Waals surface area contributed by atoms with Crippen LogP contribution in [0.3, 0.4) is 0 Å². The molecule has 4 nitrogen and oxygen atoms in total. The van der Waals surface area contributed by atoms with E-state index in [1.165, 1.54) is 5.56 Å². The highest BCUT2D eigenvalue weighted by molar-refractivity contribution is 6.30. The Morgan fingerprint density at radius 1 is 1.12 bits per heavy atom. The fraction of sp³-hybridized carbons (Fsp3) is 0.333. The number of carbonyl (C=O) groups excluding carboxylic acids is 2. The Bertz CT molecular complexity index is 746. The number of nitrogens with one attached hydrogen (secondary N) is 1. The van der Waals surface area contributed by atoms with Gasteiger partial charge < -0.3 is 10.2 Å². The molecule has 0 aliphatic carbocycles. The van der Waals surface area contributed by atoms with E-state index in [1.807, 2.05) is 30.3 Å². The highest BCUT2D eigenvalue weighted by atomic mass is 35.5. The van der Waals surface area contributed by atoms with Crippen molar-refractivity contribution in [2.45, 2.75) is 25.7 Å². The minimum Gasteiger partial charge on any atom is -0.356 e. The van der Waals surface area contributed by atoms with Gasteiger partial charge in [-0.15, -0.1) is 0 Å². The van der Waals surface area contributed by atoms with Crippen LogP contribution in [0.4, 0.5) is 5.69 Å². The summed E-state index contributed by atoms with van der Waals surface area (Å²) in [5, 5.41) is 3.63. The fourth-order valence-corrected chi connectivity index (χ4v) is 3.36. The van der Waals surface area contributed by atoms with E-state index in [0.29, 0.717) is 31.0 Å². The van der Waals surface area contributed by atoms with Crippen LogP contribution in [-0.4, -0.2) is 24.9 Å². The number of amides is 2. The average molecular weight is 371 g/mol. The lowest BCUT2D eigenvalue weighted by Crippen LogP contribution is -2.31. The van der Waals surface area contributed by atoms with Crippen LogP contribution in [0, 0.1) is 5.92 Å². The molecule has 1 aliphatic rings. The van der Waals surface area contributed by atoms with Crippen LogP contribution in [-0.2, 0) is 16.0 Å². The number of anilines is 1. The summed E-state index contributed by atoms with van der Waals surface area (Å²) in [4.78, 5) is 26.0. The zero-order valence-electron chi connectivity index (χ0n) is 14.7. The predicted molar refractivity (Wildman–Crippen MR) is 104 cm³/mol. The lowest BCUT2D eigenvalue weighted by Gasteiger charge is -2.17. The first-order chi connectivity index (χ1) is 12.6. The van der Waals surface area contributed by atoms with Crippen molar-refractivity contribution in [1.29, 1.82) is 0 Å². The van der Waals surface area contributed by atoms with Gasteiger partial charge in [0.2, 0.25) is 11.8 Å². The van der Waals surface area contributed by atoms with Crippen LogP contribution in [0.1, 0.15) is 24.8 Å². The molecule has 0 radical (unpaired) electrons. The Morgan fingerprint density at radius 2 is 1.85 bits per heavy atom. The van der Waals surface area contributed by atoms with Crippen molar-refractivity contribution < 1.29 is 9.59 Å². The number of carbonyl (C=O) groups is 2. The minimum absolute atomic E-state index is 0.0540. The van der Waals surface area contributed by atoms with E-state index < -0.39 is 0 Å². The number of hydrogen-bond acceptors (Lipinski definition) is 2. The molecule has 0 saturated carbocycles. The Kier molecular flexibility index (Phi) is 6.29. The second-order valence-electron chi connectivity index (χ2n) is 6.69. The summed E-state index contributed by atoms with van der Waals surface area (Å²) in [5.41, 5.74) is 2.11. The normalized spacial score (nSPS) is 16.7. The van der Waals surface area contributed by atoms with Gasteiger partial charge >= 0.3 is 0 Å². The Labute approximate surface area is 159 Å². The lowest BCUT2D eigenvalue weighted by molar-refractivity contribution is -0.121. The van der Waals surface area contributed by atoms with Crippen molar-refractivity contribution >= 4 is 29.1 Å². The number of aryl methyl sites for hydroxylation is 1. The zero-order chi connectivity index (χ0) is 18.4. The maximum atomic E-state index is 12.2. The molecular formula is C21H23ClN2O2. The van der Waals surface area contributed by atoms with Gasteiger partial charge in [0.15, 0.2) is 0 Å². The molecule has 136 valence electrons. The van der Waals surface area contributed by atoms with Crippen LogP contribution in [0.2, 0.25) is 5.02 Å². The van der Waals surface area contributed by atoms with E-state index in [-0.39, 0.29) is 17.7 Å². The van der Waals surface area contributed by atoms with Crippen LogP contribution in [0.25, 0.3) is 0 Å². The molecule has 1 N–H and O–H groups in total. The summed E-state index contributed by atoms with van der Waals surface area (Å²) >= 11 is 5.90. The average Bonchev–Trinajstić information content (AvgIpc) is 3.02. The summed E-state index contributed by atoms with van der Waals surface area (Å²) in [5.74, 6) is 0.297. The molecule has 1 aliphatic heterocycles. The molecule has 2 amide bonds. The Morgan fingerprint density at radius 3 is 2.58 bits per heavy atom. The van der Waals surface area contributed by atoms with Crippen molar-refractivity contribution in [2.24, 2.45) is 5.92 Å².